The Morgan fingerprint density at radius 1 is 1.00 bits per heavy atom. The molecular weight excluding hydrogens is 227 g/mol. The van der Waals surface area contributed by atoms with Crippen LogP contribution in [0, 0.1) is 20.8 Å². The molecule has 0 aliphatic rings. The van der Waals surface area contributed by atoms with Gasteiger partial charge in [-0.25, -0.2) is 4.79 Å². The third-order valence-electron chi connectivity index (χ3n) is 2.38. The summed E-state index contributed by atoms with van der Waals surface area (Å²) in [7, 11) is 0. The van der Waals surface area contributed by atoms with E-state index in [4.69, 9.17) is 4.42 Å². The van der Waals surface area contributed by atoms with Crippen LogP contribution < -0.4 is 5.63 Å². The predicted octanol–water partition coefficient (Wildman–Crippen LogP) is 2.72. The summed E-state index contributed by atoms with van der Waals surface area (Å²) >= 11 is 0. The smallest absolute Gasteiger partial charge is 0.336 e. The maximum Gasteiger partial charge on any atom is 0.336 e. The molecule has 0 aliphatic carbocycles. The number of aryl methyl sites for hydroxylation is 3. The van der Waals surface area contributed by atoms with Crippen molar-refractivity contribution in [2.24, 2.45) is 0 Å². The Bertz CT molecular complexity index is 555. The van der Waals surface area contributed by atoms with Crippen molar-refractivity contribution in [1.29, 1.82) is 0 Å². The SMILES string of the molecule is Cc1cc(C)c2c(C)cc(=O)oc2c1.[V]. The first-order valence-electron chi connectivity index (χ1n) is 4.59. The summed E-state index contributed by atoms with van der Waals surface area (Å²) in [5.41, 5.74) is 3.66. The second-order valence-electron chi connectivity index (χ2n) is 3.70. The molecule has 3 heteroatoms. The number of hydrogen-bond acceptors (Lipinski definition) is 2. The minimum absolute atomic E-state index is 0. The standard InChI is InChI=1S/C12H12O2.V/c1-7-4-8(2)12-9(3)6-11(13)14-10(12)5-7;/h4-6H,1-3H3;. The van der Waals surface area contributed by atoms with E-state index in [0.717, 1.165) is 22.1 Å². The minimum Gasteiger partial charge on any atom is -0.423 e. The van der Waals surface area contributed by atoms with Gasteiger partial charge < -0.3 is 4.42 Å². The first-order chi connectivity index (χ1) is 6.58. The summed E-state index contributed by atoms with van der Waals surface area (Å²) in [5, 5.41) is 1.05. The quantitative estimate of drug-likeness (QED) is 0.661. The summed E-state index contributed by atoms with van der Waals surface area (Å²) in [5.74, 6) is 0. The van der Waals surface area contributed by atoms with Crippen LogP contribution in [0.5, 0.6) is 0 Å². The van der Waals surface area contributed by atoms with Crippen molar-refractivity contribution in [2.75, 3.05) is 0 Å². The Hall–Kier alpha value is -0.986. The molecule has 0 spiro atoms. The molecule has 0 saturated carbocycles. The Kier molecular flexibility index (Phi) is 3.43. The van der Waals surface area contributed by atoms with Crippen LogP contribution >= 0.6 is 0 Å². The Balaban J connectivity index is 0.00000112. The molecule has 0 amide bonds. The van der Waals surface area contributed by atoms with Gasteiger partial charge in [-0.15, -0.1) is 0 Å². The van der Waals surface area contributed by atoms with E-state index in [2.05, 4.69) is 6.07 Å². The molecule has 2 rings (SSSR count). The summed E-state index contributed by atoms with van der Waals surface area (Å²) in [4.78, 5) is 11.2. The van der Waals surface area contributed by atoms with Crippen molar-refractivity contribution < 1.29 is 23.0 Å². The van der Waals surface area contributed by atoms with E-state index in [1.54, 1.807) is 0 Å². The van der Waals surface area contributed by atoms with Crippen LogP contribution in [-0.2, 0) is 18.6 Å². The molecule has 0 N–H and O–H groups in total. The van der Waals surface area contributed by atoms with Crippen molar-refractivity contribution in [1.82, 2.24) is 0 Å². The summed E-state index contributed by atoms with van der Waals surface area (Å²) in [6, 6.07) is 5.52. The largest absolute Gasteiger partial charge is 0.423 e. The average Bonchev–Trinajstić information content (AvgIpc) is 1.99. The fraction of sp³-hybridized carbons (Fsp3) is 0.250. The van der Waals surface area contributed by atoms with Crippen molar-refractivity contribution in [3.63, 3.8) is 0 Å². The van der Waals surface area contributed by atoms with Crippen molar-refractivity contribution in [2.45, 2.75) is 20.8 Å². The fourth-order valence-electron chi connectivity index (χ4n) is 1.90. The molecule has 1 aromatic heterocycles. The maximum atomic E-state index is 11.2. The monoisotopic (exact) mass is 239 g/mol. The maximum absolute atomic E-state index is 11.2. The zero-order chi connectivity index (χ0) is 10.3. The molecule has 0 bridgehead atoms. The van der Waals surface area contributed by atoms with Gasteiger partial charge in [-0.05, 0) is 43.5 Å². The van der Waals surface area contributed by atoms with Crippen molar-refractivity contribution in [3.8, 4) is 0 Å². The zero-order valence-electron chi connectivity index (χ0n) is 9.00. The van der Waals surface area contributed by atoms with Crippen LogP contribution in [0.1, 0.15) is 16.7 Å². The third-order valence-corrected chi connectivity index (χ3v) is 2.38. The molecule has 15 heavy (non-hydrogen) atoms. The first kappa shape index (κ1) is 12.1. The molecule has 0 saturated heterocycles. The van der Waals surface area contributed by atoms with E-state index < -0.39 is 0 Å². The van der Waals surface area contributed by atoms with Crippen LogP contribution in [0.4, 0.5) is 0 Å². The molecule has 1 radical (unpaired) electrons. The van der Waals surface area contributed by atoms with Crippen LogP contribution in [0.15, 0.2) is 27.4 Å². The van der Waals surface area contributed by atoms with Crippen LogP contribution in [0.3, 0.4) is 0 Å². The fourth-order valence-corrected chi connectivity index (χ4v) is 1.90. The van der Waals surface area contributed by atoms with E-state index in [1.165, 1.54) is 6.07 Å². The molecule has 2 nitrogen and oxygen atoms in total. The molecular formula is C12H12O2V. The number of rotatable bonds is 0. The van der Waals surface area contributed by atoms with Crippen molar-refractivity contribution >= 4 is 11.0 Å². The van der Waals surface area contributed by atoms with Gasteiger partial charge in [-0.3, -0.25) is 0 Å². The number of benzene rings is 1. The summed E-state index contributed by atoms with van der Waals surface area (Å²) < 4.78 is 5.15. The third kappa shape index (κ3) is 2.16. The Morgan fingerprint density at radius 2 is 1.60 bits per heavy atom. The number of hydrogen-bond donors (Lipinski definition) is 0. The molecule has 1 aromatic carbocycles. The van der Waals surface area contributed by atoms with Gasteiger partial charge >= 0.3 is 5.63 Å². The van der Waals surface area contributed by atoms with Crippen LogP contribution in [-0.4, -0.2) is 0 Å². The predicted molar refractivity (Wildman–Crippen MR) is 56.7 cm³/mol. The van der Waals surface area contributed by atoms with E-state index in [-0.39, 0.29) is 24.2 Å². The normalized spacial score (nSPS) is 10.1. The Labute approximate surface area is 100 Å². The van der Waals surface area contributed by atoms with Gasteiger partial charge in [0.25, 0.3) is 0 Å². The molecule has 77 valence electrons. The van der Waals surface area contributed by atoms with Crippen LogP contribution in [0.2, 0.25) is 0 Å². The molecule has 1 heterocycles. The summed E-state index contributed by atoms with van der Waals surface area (Å²) in [6.45, 7) is 5.96. The number of fused-ring (bicyclic) bond motifs is 1. The second kappa shape index (κ2) is 4.25. The molecule has 0 unspecified atom stereocenters. The summed E-state index contributed by atoms with van der Waals surface area (Å²) in [6.07, 6.45) is 0. The molecule has 0 atom stereocenters. The van der Waals surface area contributed by atoms with Gasteiger partial charge in [-0.2, -0.15) is 0 Å². The second-order valence-corrected chi connectivity index (χ2v) is 3.70. The van der Waals surface area contributed by atoms with E-state index in [1.807, 2.05) is 26.8 Å². The van der Waals surface area contributed by atoms with Gasteiger partial charge in [0.05, 0.1) is 0 Å². The average molecular weight is 239 g/mol. The van der Waals surface area contributed by atoms with Gasteiger partial charge in [0.1, 0.15) is 5.58 Å². The topological polar surface area (TPSA) is 30.2 Å². The zero-order valence-corrected chi connectivity index (χ0v) is 10.4. The van der Waals surface area contributed by atoms with Gasteiger partial charge in [0.15, 0.2) is 0 Å². The molecule has 2 aromatic rings. The van der Waals surface area contributed by atoms with Crippen LogP contribution in [0.25, 0.3) is 11.0 Å². The Morgan fingerprint density at radius 3 is 2.27 bits per heavy atom. The minimum atomic E-state index is -0.278. The molecule has 0 aliphatic heterocycles. The van der Waals surface area contributed by atoms with Gasteiger partial charge in [-0.1, -0.05) is 6.07 Å². The molecule has 0 fully saturated rings. The van der Waals surface area contributed by atoms with Gasteiger partial charge in [0.2, 0.25) is 0 Å². The van der Waals surface area contributed by atoms with E-state index in [9.17, 15) is 4.79 Å². The van der Waals surface area contributed by atoms with Crippen molar-refractivity contribution in [3.05, 3.63) is 45.3 Å². The van der Waals surface area contributed by atoms with E-state index >= 15 is 0 Å². The first-order valence-corrected chi connectivity index (χ1v) is 4.59. The van der Waals surface area contributed by atoms with Gasteiger partial charge in [0, 0.05) is 30.0 Å². The van der Waals surface area contributed by atoms with E-state index in [0.29, 0.717) is 5.58 Å².